The van der Waals surface area contributed by atoms with Crippen LogP contribution in [0.1, 0.15) is 24.8 Å². The summed E-state index contributed by atoms with van der Waals surface area (Å²) in [4.78, 5) is 15.5. The number of pyridine rings is 1. The van der Waals surface area contributed by atoms with Crippen LogP contribution in [0.2, 0.25) is 0 Å². The lowest BCUT2D eigenvalue weighted by Gasteiger charge is -2.20. The van der Waals surface area contributed by atoms with Gasteiger partial charge in [-0.05, 0) is 30.9 Å². The Labute approximate surface area is 126 Å². The van der Waals surface area contributed by atoms with Crippen LogP contribution < -0.4 is 15.4 Å². The largest absolute Gasteiger partial charge is 0.417 e. The van der Waals surface area contributed by atoms with Gasteiger partial charge in [-0.3, -0.25) is 0 Å². The Balaban J connectivity index is 1.46. The number of halogens is 2. The van der Waals surface area contributed by atoms with Crippen LogP contribution in [0.4, 0.5) is 13.6 Å². The molecular formula is C14H17F2N3O3. The monoisotopic (exact) mass is 313 g/mol. The molecule has 22 heavy (non-hydrogen) atoms. The van der Waals surface area contributed by atoms with E-state index >= 15 is 0 Å². The number of alkyl halides is 2. The molecule has 0 unspecified atom stereocenters. The van der Waals surface area contributed by atoms with Crippen molar-refractivity contribution in [2.75, 3.05) is 0 Å². The molecule has 3 atom stereocenters. The average molecular weight is 313 g/mol. The first-order chi connectivity index (χ1) is 10.6. The van der Waals surface area contributed by atoms with Crippen LogP contribution in [0.3, 0.4) is 0 Å². The molecule has 2 aliphatic heterocycles. The fraction of sp³-hybridized carbons (Fsp3) is 0.571. The van der Waals surface area contributed by atoms with Gasteiger partial charge in [0.1, 0.15) is 0 Å². The van der Waals surface area contributed by atoms with Crippen molar-refractivity contribution in [3.63, 3.8) is 0 Å². The zero-order valence-corrected chi connectivity index (χ0v) is 11.8. The first-order valence-corrected chi connectivity index (χ1v) is 7.20. The number of hydrogen-bond acceptors (Lipinski definition) is 4. The zero-order valence-electron chi connectivity index (χ0n) is 11.8. The van der Waals surface area contributed by atoms with Crippen molar-refractivity contribution in [3.05, 3.63) is 23.9 Å². The lowest BCUT2D eigenvalue weighted by molar-refractivity contribution is -0.0529. The summed E-state index contributed by atoms with van der Waals surface area (Å²) in [6, 6.07) is 2.75. The van der Waals surface area contributed by atoms with E-state index in [2.05, 4.69) is 20.4 Å². The molecule has 1 aromatic heterocycles. The summed E-state index contributed by atoms with van der Waals surface area (Å²) in [6.07, 6.45) is 4.63. The number of nitrogens with one attached hydrogen (secondary N) is 2. The maximum absolute atomic E-state index is 12.1. The fourth-order valence-electron chi connectivity index (χ4n) is 2.91. The highest BCUT2D eigenvalue weighted by molar-refractivity contribution is 5.74. The van der Waals surface area contributed by atoms with Gasteiger partial charge in [0.05, 0.1) is 18.2 Å². The highest BCUT2D eigenvalue weighted by atomic mass is 19.3. The van der Waals surface area contributed by atoms with Crippen molar-refractivity contribution in [3.8, 4) is 5.88 Å². The van der Waals surface area contributed by atoms with Crippen molar-refractivity contribution >= 4 is 6.03 Å². The normalized spacial score (nSPS) is 26.2. The number of carbonyl (C=O) groups excluding carboxylic acids is 1. The van der Waals surface area contributed by atoms with E-state index in [-0.39, 0.29) is 36.7 Å². The van der Waals surface area contributed by atoms with E-state index in [0.29, 0.717) is 5.56 Å². The van der Waals surface area contributed by atoms with Crippen LogP contribution >= 0.6 is 0 Å². The van der Waals surface area contributed by atoms with Gasteiger partial charge in [0.25, 0.3) is 0 Å². The van der Waals surface area contributed by atoms with Gasteiger partial charge in [0.15, 0.2) is 0 Å². The van der Waals surface area contributed by atoms with Crippen molar-refractivity contribution in [1.29, 1.82) is 0 Å². The third kappa shape index (κ3) is 3.62. The predicted molar refractivity (Wildman–Crippen MR) is 72.5 cm³/mol. The highest BCUT2D eigenvalue weighted by Crippen LogP contribution is 2.34. The molecule has 1 aromatic rings. The van der Waals surface area contributed by atoms with Crippen molar-refractivity contribution in [1.82, 2.24) is 15.6 Å². The second-order valence-corrected chi connectivity index (χ2v) is 5.42. The molecule has 6 nitrogen and oxygen atoms in total. The van der Waals surface area contributed by atoms with E-state index in [1.807, 2.05) is 0 Å². The number of nitrogens with zero attached hydrogens (tertiary/aromatic N) is 1. The summed E-state index contributed by atoms with van der Waals surface area (Å²) < 4.78 is 34.1. The summed E-state index contributed by atoms with van der Waals surface area (Å²) in [6.45, 7) is -2.72. The molecule has 0 aromatic carbocycles. The van der Waals surface area contributed by atoms with Crippen molar-refractivity contribution in [2.24, 2.45) is 0 Å². The van der Waals surface area contributed by atoms with Crippen LogP contribution in [0.5, 0.6) is 5.88 Å². The molecule has 3 heterocycles. The summed E-state index contributed by atoms with van der Waals surface area (Å²) in [5.74, 6) is -0.170. The lowest BCUT2D eigenvalue weighted by Crippen LogP contribution is -2.46. The van der Waals surface area contributed by atoms with E-state index < -0.39 is 6.61 Å². The molecule has 8 heteroatoms. The predicted octanol–water partition coefficient (Wildman–Crippen LogP) is 1.80. The SMILES string of the molecule is O=C(NCc1ccnc(OC(F)F)c1)N[C@H]1C[C@@H]2CC[C@H]1O2. The minimum atomic E-state index is -2.92. The number of ether oxygens (including phenoxy) is 2. The van der Waals surface area contributed by atoms with E-state index in [4.69, 9.17) is 4.74 Å². The lowest BCUT2D eigenvalue weighted by atomic mass is 9.96. The third-order valence-corrected chi connectivity index (χ3v) is 3.88. The second-order valence-electron chi connectivity index (χ2n) is 5.42. The Bertz CT molecular complexity index is 544. The molecule has 2 fully saturated rings. The summed E-state index contributed by atoms with van der Waals surface area (Å²) in [5.41, 5.74) is 0.630. The van der Waals surface area contributed by atoms with Crippen LogP contribution in [0, 0.1) is 0 Å². The van der Waals surface area contributed by atoms with Gasteiger partial charge >= 0.3 is 12.6 Å². The summed E-state index contributed by atoms with van der Waals surface area (Å²) in [7, 11) is 0. The van der Waals surface area contributed by atoms with Gasteiger partial charge < -0.3 is 20.1 Å². The Morgan fingerprint density at radius 3 is 3.05 bits per heavy atom. The van der Waals surface area contributed by atoms with Gasteiger partial charge in [-0.25, -0.2) is 9.78 Å². The topological polar surface area (TPSA) is 72.5 Å². The highest BCUT2D eigenvalue weighted by Gasteiger charge is 2.41. The molecule has 120 valence electrons. The quantitative estimate of drug-likeness (QED) is 0.869. The van der Waals surface area contributed by atoms with Gasteiger partial charge in [-0.1, -0.05) is 0 Å². The molecule has 2 amide bonds. The van der Waals surface area contributed by atoms with Crippen molar-refractivity contribution in [2.45, 2.75) is 50.7 Å². The smallest absolute Gasteiger partial charge is 0.388 e. The van der Waals surface area contributed by atoms with Crippen LogP contribution in [0.25, 0.3) is 0 Å². The van der Waals surface area contributed by atoms with Gasteiger partial charge in [0.2, 0.25) is 5.88 Å². The van der Waals surface area contributed by atoms with E-state index in [1.165, 1.54) is 12.3 Å². The summed E-state index contributed by atoms with van der Waals surface area (Å²) >= 11 is 0. The summed E-state index contributed by atoms with van der Waals surface area (Å²) in [5, 5.41) is 5.57. The molecule has 2 aliphatic rings. The molecule has 0 spiro atoms. The van der Waals surface area contributed by atoms with Gasteiger partial charge in [-0.15, -0.1) is 0 Å². The number of amides is 2. The first-order valence-electron chi connectivity index (χ1n) is 7.20. The van der Waals surface area contributed by atoms with Crippen molar-refractivity contribution < 1.29 is 23.0 Å². The number of aromatic nitrogens is 1. The maximum atomic E-state index is 12.1. The molecule has 2 bridgehead atoms. The second kappa shape index (κ2) is 6.43. The Kier molecular flexibility index (Phi) is 4.37. The number of rotatable bonds is 5. The molecule has 0 saturated carbocycles. The number of hydrogen-bond donors (Lipinski definition) is 2. The number of fused-ring (bicyclic) bond motifs is 2. The molecule has 0 radical (unpaired) electrons. The van der Waals surface area contributed by atoms with E-state index in [0.717, 1.165) is 19.3 Å². The minimum absolute atomic E-state index is 0.0499. The Hall–Kier alpha value is -1.96. The molecule has 2 N–H and O–H groups in total. The third-order valence-electron chi connectivity index (χ3n) is 3.88. The molecule has 0 aliphatic carbocycles. The minimum Gasteiger partial charge on any atom is -0.417 e. The average Bonchev–Trinajstić information content (AvgIpc) is 3.07. The fourth-order valence-corrected chi connectivity index (χ4v) is 2.91. The molecule has 3 rings (SSSR count). The standard InChI is InChI=1S/C14H17F2N3O3/c15-13(16)22-12-5-8(3-4-17-12)7-18-14(20)19-10-6-9-1-2-11(10)21-9/h3-5,9-11,13H,1-2,6-7H2,(H2,18,19,20)/t9-,10-,11+/m0/s1. The zero-order chi connectivity index (χ0) is 15.5. The number of carbonyl (C=O) groups is 1. The number of urea groups is 1. The van der Waals surface area contributed by atoms with Crippen LogP contribution in [-0.2, 0) is 11.3 Å². The maximum Gasteiger partial charge on any atom is 0.388 e. The van der Waals surface area contributed by atoms with Crippen LogP contribution in [-0.4, -0.2) is 35.9 Å². The van der Waals surface area contributed by atoms with E-state index in [9.17, 15) is 13.6 Å². The Morgan fingerprint density at radius 2 is 2.36 bits per heavy atom. The van der Waals surface area contributed by atoms with Gasteiger partial charge in [-0.2, -0.15) is 8.78 Å². The Morgan fingerprint density at radius 1 is 1.50 bits per heavy atom. The van der Waals surface area contributed by atoms with Gasteiger partial charge in [0, 0.05) is 18.8 Å². The molecular weight excluding hydrogens is 296 g/mol. The van der Waals surface area contributed by atoms with Crippen LogP contribution in [0.15, 0.2) is 18.3 Å². The molecule has 2 saturated heterocycles. The first kappa shape index (κ1) is 15.0. The van der Waals surface area contributed by atoms with E-state index in [1.54, 1.807) is 6.07 Å².